The van der Waals surface area contributed by atoms with Crippen LogP contribution in [0.4, 0.5) is 18.9 Å². The summed E-state index contributed by atoms with van der Waals surface area (Å²) in [6.07, 6.45) is -2.15. The topological polar surface area (TPSA) is 89.0 Å². The normalized spacial score (nSPS) is 17.4. The van der Waals surface area contributed by atoms with Crippen LogP contribution in [0.15, 0.2) is 66.5 Å². The molecular formula is C24H15Cl2F3N2O5. The van der Waals surface area contributed by atoms with Crippen molar-refractivity contribution < 1.29 is 37.3 Å². The smallest absolute Gasteiger partial charge is 0.507 e. The fourth-order valence-corrected chi connectivity index (χ4v) is 4.47. The standard InChI is InChI=1S/C24H15Cl2F3N2O5/c1-35-22-16(25)8-13(9-17(22)26)20(32)18-19(12-4-3-7-30-11-12)31(23(34)21(18)33)14-5-2-6-15(10-14)36-24(27,28)29/h2-11,19,32H,1H3/b20-18+. The Kier molecular flexibility index (Phi) is 6.83. The molecule has 1 unspecified atom stereocenters. The molecule has 36 heavy (non-hydrogen) atoms. The zero-order chi connectivity index (χ0) is 26.2. The minimum atomic E-state index is -4.97. The van der Waals surface area contributed by atoms with Crippen LogP contribution in [0.5, 0.6) is 11.5 Å². The summed E-state index contributed by atoms with van der Waals surface area (Å²) < 4.78 is 47.4. The average Bonchev–Trinajstić information content (AvgIpc) is 3.08. The lowest BCUT2D eigenvalue weighted by molar-refractivity contribution is -0.274. The average molecular weight is 539 g/mol. The van der Waals surface area contributed by atoms with Gasteiger partial charge in [0, 0.05) is 29.7 Å². The van der Waals surface area contributed by atoms with Crippen molar-refractivity contribution in [1.82, 2.24) is 4.98 Å². The number of pyridine rings is 1. The molecule has 1 amide bonds. The van der Waals surface area contributed by atoms with Crippen LogP contribution < -0.4 is 14.4 Å². The van der Waals surface area contributed by atoms with E-state index in [-0.39, 0.29) is 32.6 Å². The molecule has 1 aromatic heterocycles. The van der Waals surface area contributed by atoms with Crippen LogP contribution in [0.2, 0.25) is 10.0 Å². The number of nitrogens with zero attached hydrogens (tertiary/aromatic N) is 2. The van der Waals surface area contributed by atoms with Crippen LogP contribution in [-0.4, -0.2) is 35.3 Å². The van der Waals surface area contributed by atoms with E-state index in [0.29, 0.717) is 5.56 Å². The molecule has 1 aliphatic rings. The van der Waals surface area contributed by atoms with Gasteiger partial charge in [-0.1, -0.05) is 35.3 Å². The monoisotopic (exact) mass is 538 g/mol. The molecular weight excluding hydrogens is 524 g/mol. The SMILES string of the molecule is COc1c(Cl)cc(/C(O)=C2\C(=O)C(=O)N(c3cccc(OC(F)(F)F)c3)C2c2cccnc2)cc1Cl. The van der Waals surface area contributed by atoms with Crippen LogP contribution in [-0.2, 0) is 9.59 Å². The van der Waals surface area contributed by atoms with Crippen molar-refractivity contribution in [3.05, 3.63) is 87.7 Å². The molecule has 1 saturated heterocycles. The summed E-state index contributed by atoms with van der Waals surface area (Å²) in [6, 6.07) is 9.03. The van der Waals surface area contributed by atoms with Crippen molar-refractivity contribution in [3.63, 3.8) is 0 Å². The molecule has 4 rings (SSSR count). The number of hydrogen-bond acceptors (Lipinski definition) is 6. The summed E-state index contributed by atoms with van der Waals surface area (Å²) in [4.78, 5) is 31.3. The minimum absolute atomic E-state index is 0.0202. The zero-order valence-corrected chi connectivity index (χ0v) is 19.7. The van der Waals surface area contributed by atoms with E-state index in [4.69, 9.17) is 27.9 Å². The number of ketones is 1. The minimum Gasteiger partial charge on any atom is -0.507 e. The number of anilines is 1. The fraction of sp³-hybridized carbons (Fsp3) is 0.125. The first-order chi connectivity index (χ1) is 17.0. The summed E-state index contributed by atoms with van der Waals surface area (Å²) in [5.74, 6) is -3.22. The Bertz CT molecular complexity index is 1360. The van der Waals surface area contributed by atoms with E-state index in [0.717, 1.165) is 17.0 Å². The van der Waals surface area contributed by atoms with Crippen LogP contribution in [0.1, 0.15) is 17.2 Å². The maximum atomic E-state index is 13.2. The number of amides is 1. The second-order valence-corrected chi connectivity index (χ2v) is 8.29. The number of methoxy groups -OCH3 is 1. The summed E-state index contributed by atoms with van der Waals surface area (Å²) in [7, 11) is 1.34. The second-order valence-electron chi connectivity index (χ2n) is 7.47. The summed E-state index contributed by atoms with van der Waals surface area (Å²) in [6.45, 7) is 0. The van der Waals surface area contributed by atoms with E-state index in [1.807, 2.05) is 0 Å². The van der Waals surface area contributed by atoms with Gasteiger partial charge in [-0.3, -0.25) is 19.5 Å². The molecule has 1 fully saturated rings. The number of aromatic nitrogens is 1. The first-order valence-corrected chi connectivity index (χ1v) is 10.9. The lowest BCUT2D eigenvalue weighted by Crippen LogP contribution is -2.29. The van der Waals surface area contributed by atoms with E-state index < -0.39 is 35.6 Å². The molecule has 3 aromatic rings. The van der Waals surface area contributed by atoms with Gasteiger partial charge in [0.05, 0.1) is 28.8 Å². The van der Waals surface area contributed by atoms with Crippen molar-refractivity contribution in [1.29, 1.82) is 0 Å². The Hall–Kier alpha value is -3.76. The summed E-state index contributed by atoms with van der Waals surface area (Å²) >= 11 is 12.4. The highest BCUT2D eigenvalue weighted by Crippen LogP contribution is 2.44. The van der Waals surface area contributed by atoms with Crippen molar-refractivity contribution in [2.45, 2.75) is 12.4 Å². The zero-order valence-electron chi connectivity index (χ0n) is 18.2. The molecule has 1 N–H and O–H groups in total. The van der Waals surface area contributed by atoms with Gasteiger partial charge in [0.2, 0.25) is 0 Å². The van der Waals surface area contributed by atoms with Gasteiger partial charge >= 0.3 is 6.36 Å². The lowest BCUT2D eigenvalue weighted by atomic mass is 9.96. The highest BCUT2D eigenvalue weighted by Gasteiger charge is 2.47. The van der Waals surface area contributed by atoms with Crippen LogP contribution in [0.25, 0.3) is 5.76 Å². The number of benzene rings is 2. The third-order valence-corrected chi connectivity index (χ3v) is 5.81. The number of halogens is 5. The van der Waals surface area contributed by atoms with E-state index in [1.54, 1.807) is 12.1 Å². The number of aliphatic hydroxyl groups is 1. The molecule has 2 aromatic carbocycles. The number of rotatable bonds is 5. The number of aliphatic hydroxyl groups excluding tert-OH is 1. The molecule has 0 aliphatic carbocycles. The van der Waals surface area contributed by atoms with E-state index >= 15 is 0 Å². The van der Waals surface area contributed by atoms with Crippen molar-refractivity contribution in [2.75, 3.05) is 12.0 Å². The van der Waals surface area contributed by atoms with Gasteiger partial charge in [-0.25, -0.2) is 0 Å². The van der Waals surface area contributed by atoms with Crippen molar-refractivity contribution in [3.8, 4) is 11.5 Å². The van der Waals surface area contributed by atoms with E-state index in [2.05, 4.69) is 9.72 Å². The molecule has 2 heterocycles. The molecule has 0 spiro atoms. The third kappa shape index (κ3) is 4.82. The number of carbonyl (C=O) groups excluding carboxylic acids is 2. The molecule has 1 aliphatic heterocycles. The van der Waals surface area contributed by atoms with Gasteiger partial charge in [-0.15, -0.1) is 13.2 Å². The number of ether oxygens (including phenoxy) is 2. The molecule has 0 bridgehead atoms. The second kappa shape index (κ2) is 9.71. The van der Waals surface area contributed by atoms with E-state index in [1.165, 1.54) is 43.8 Å². The molecule has 12 heteroatoms. The Morgan fingerprint density at radius 2 is 1.78 bits per heavy atom. The number of Topliss-reactive ketones (excluding diaryl/α,β-unsaturated/α-hetero) is 1. The first kappa shape index (κ1) is 25.3. The molecule has 7 nitrogen and oxygen atoms in total. The third-order valence-electron chi connectivity index (χ3n) is 5.25. The highest BCUT2D eigenvalue weighted by molar-refractivity contribution is 6.51. The van der Waals surface area contributed by atoms with Gasteiger partial charge in [0.1, 0.15) is 11.5 Å². The quantitative estimate of drug-likeness (QED) is 0.246. The maximum Gasteiger partial charge on any atom is 0.573 e. The van der Waals surface area contributed by atoms with E-state index in [9.17, 15) is 27.9 Å². The molecule has 186 valence electrons. The lowest BCUT2D eigenvalue weighted by Gasteiger charge is -2.25. The Balaban J connectivity index is 1.91. The van der Waals surface area contributed by atoms with Crippen LogP contribution >= 0.6 is 23.2 Å². The first-order valence-electron chi connectivity index (χ1n) is 10.1. The number of carbonyl (C=O) groups is 2. The van der Waals surface area contributed by atoms with Crippen molar-refractivity contribution >= 4 is 46.3 Å². The number of alkyl halides is 3. The maximum absolute atomic E-state index is 13.2. The molecule has 0 radical (unpaired) electrons. The predicted molar refractivity (Wildman–Crippen MR) is 125 cm³/mol. The Labute approximate surface area is 212 Å². The number of hydrogen-bond donors (Lipinski definition) is 1. The largest absolute Gasteiger partial charge is 0.573 e. The van der Waals surface area contributed by atoms with Crippen molar-refractivity contribution in [2.24, 2.45) is 0 Å². The summed E-state index contributed by atoms with van der Waals surface area (Å²) in [5.41, 5.74) is -0.0806. The highest BCUT2D eigenvalue weighted by atomic mass is 35.5. The Morgan fingerprint density at radius 3 is 2.36 bits per heavy atom. The van der Waals surface area contributed by atoms with Crippen LogP contribution in [0.3, 0.4) is 0 Å². The molecule has 1 atom stereocenters. The van der Waals surface area contributed by atoms with Gasteiger partial charge in [0.25, 0.3) is 11.7 Å². The Morgan fingerprint density at radius 1 is 1.08 bits per heavy atom. The van der Waals surface area contributed by atoms with Gasteiger partial charge in [-0.05, 0) is 35.9 Å². The molecule has 0 saturated carbocycles. The van der Waals surface area contributed by atoms with Gasteiger partial charge in [-0.2, -0.15) is 0 Å². The van der Waals surface area contributed by atoms with Crippen LogP contribution in [0, 0.1) is 0 Å². The summed E-state index contributed by atoms with van der Waals surface area (Å²) in [5, 5.41) is 11.2. The fourth-order valence-electron chi connectivity index (χ4n) is 3.83. The van der Waals surface area contributed by atoms with Gasteiger partial charge < -0.3 is 14.6 Å². The van der Waals surface area contributed by atoms with Gasteiger partial charge in [0.15, 0.2) is 5.75 Å². The predicted octanol–water partition coefficient (Wildman–Crippen LogP) is 5.92.